The molecule has 0 aromatic carbocycles. The molecule has 0 saturated carbocycles. The molecule has 2 N–H and O–H groups in total. The van der Waals surface area contributed by atoms with E-state index in [1.165, 1.54) is 6.33 Å². The molecule has 2 heterocycles. The highest BCUT2D eigenvalue weighted by atomic mass is 15.1. The van der Waals surface area contributed by atoms with Gasteiger partial charge in [-0.05, 0) is 12.1 Å². The van der Waals surface area contributed by atoms with Gasteiger partial charge < -0.3 is 10.3 Å². The fourth-order valence-electron chi connectivity index (χ4n) is 0.990. The Morgan fingerprint density at radius 1 is 1.17 bits per heavy atom. The van der Waals surface area contributed by atoms with E-state index >= 15 is 0 Å². The van der Waals surface area contributed by atoms with Crippen LogP contribution in [0.3, 0.4) is 0 Å². The summed E-state index contributed by atoms with van der Waals surface area (Å²) >= 11 is 0. The fourth-order valence-corrected chi connectivity index (χ4v) is 0.990. The smallest absolute Gasteiger partial charge is 0.142 e. The Bertz CT molecular complexity index is 366. The van der Waals surface area contributed by atoms with Crippen molar-refractivity contribution >= 4 is 5.82 Å². The molecule has 4 heteroatoms. The zero-order chi connectivity index (χ0) is 8.39. The van der Waals surface area contributed by atoms with Crippen LogP contribution in [0.5, 0.6) is 0 Å². The van der Waals surface area contributed by atoms with Crippen LogP contribution in [0.4, 0.5) is 5.82 Å². The minimum atomic E-state index is 0.480. The highest BCUT2D eigenvalue weighted by molar-refractivity contribution is 5.35. The fraction of sp³-hybridized carbons (Fsp3) is 0. The molecule has 0 fully saturated rings. The quantitative estimate of drug-likeness (QED) is 0.672. The lowest BCUT2D eigenvalue weighted by atomic mass is 10.5. The molecule has 0 spiro atoms. The maximum absolute atomic E-state index is 5.50. The van der Waals surface area contributed by atoms with Crippen molar-refractivity contribution in [2.45, 2.75) is 0 Å². The predicted octanol–water partition coefficient (Wildman–Crippen LogP) is 0.849. The SMILES string of the molecule is Nc1cc(-n2cccc2)ncn1. The summed E-state index contributed by atoms with van der Waals surface area (Å²) in [7, 11) is 0. The molecule has 12 heavy (non-hydrogen) atoms. The Morgan fingerprint density at radius 3 is 2.58 bits per heavy atom. The van der Waals surface area contributed by atoms with Crippen LogP contribution >= 0.6 is 0 Å². The summed E-state index contributed by atoms with van der Waals surface area (Å²) in [6, 6.07) is 5.58. The summed E-state index contributed by atoms with van der Waals surface area (Å²) in [4.78, 5) is 7.86. The summed E-state index contributed by atoms with van der Waals surface area (Å²) in [5, 5.41) is 0. The van der Waals surface area contributed by atoms with Crippen LogP contribution in [0.1, 0.15) is 0 Å². The van der Waals surface area contributed by atoms with Crippen molar-refractivity contribution in [1.29, 1.82) is 0 Å². The molecule has 0 aliphatic heterocycles. The van der Waals surface area contributed by atoms with Crippen molar-refractivity contribution in [3.05, 3.63) is 36.9 Å². The van der Waals surface area contributed by atoms with E-state index in [1.54, 1.807) is 6.07 Å². The molecule has 0 amide bonds. The number of anilines is 1. The first-order valence-electron chi connectivity index (χ1n) is 3.57. The Labute approximate surface area is 69.7 Å². The van der Waals surface area contributed by atoms with Gasteiger partial charge in [-0.2, -0.15) is 0 Å². The van der Waals surface area contributed by atoms with Gasteiger partial charge in [0.05, 0.1) is 0 Å². The third-order valence-corrected chi connectivity index (χ3v) is 1.54. The molecular weight excluding hydrogens is 152 g/mol. The Morgan fingerprint density at radius 2 is 1.92 bits per heavy atom. The summed E-state index contributed by atoms with van der Waals surface area (Å²) in [6.45, 7) is 0. The Balaban J connectivity index is 2.48. The molecule has 60 valence electrons. The lowest BCUT2D eigenvalue weighted by Gasteiger charge is -2.00. The van der Waals surface area contributed by atoms with Crippen molar-refractivity contribution in [1.82, 2.24) is 14.5 Å². The van der Waals surface area contributed by atoms with Gasteiger partial charge in [-0.15, -0.1) is 0 Å². The average Bonchev–Trinajstić information content (AvgIpc) is 2.56. The topological polar surface area (TPSA) is 56.7 Å². The van der Waals surface area contributed by atoms with Gasteiger partial charge in [-0.1, -0.05) is 0 Å². The maximum atomic E-state index is 5.50. The zero-order valence-corrected chi connectivity index (χ0v) is 6.38. The van der Waals surface area contributed by atoms with Gasteiger partial charge in [-0.3, -0.25) is 0 Å². The van der Waals surface area contributed by atoms with Crippen molar-refractivity contribution < 1.29 is 0 Å². The first kappa shape index (κ1) is 6.84. The number of aromatic nitrogens is 3. The number of hydrogen-bond acceptors (Lipinski definition) is 3. The molecular formula is C8H8N4. The van der Waals surface area contributed by atoms with E-state index in [4.69, 9.17) is 5.73 Å². The van der Waals surface area contributed by atoms with E-state index in [1.807, 2.05) is 29.1 Å². The van der Waals surface area contributed by atoms with Gasteiger partial charge in [-0.25, -0.2) is 9.97 Å². The second-order valence-electron chi connectivity index (χ2n) is 2.39. The molecule has 0 unspecified atom stereocenters. The third-order valence-electron chi connectivity index (χ3n) is 1.54. The number of nitrogen functional groups attached to an aromatic ring is 1. The number of hydrogen-bond donors (Lipinski definition) is 1. The van der Waals surface area contributed by atoms with Crippen molar-refractivity contribution in [3.63, 3.8) is 0 Å². The highest BCUT2D eigenvalue weighted by Crippen LogP contribution is 2.05. The minimum Gasteiger partial charge on any atom is -0.384 e. The molecule has 0 atom stereocenters. The maximum Gasteiger partial charge on any atom is 0.142 e. The Kier molecular flexibility index (Phi) is 1.51. The van der Waals surface area contributed by atoms with Crippen LogP contribution in [0.15, 0.2) is 36.9 Å². The standard InChI is InChI=1S/C8H8N4/c9-7-5-8(11-6-10-7)12-3-1-2-4-12/h1-6H,(H2,9,10,11). The molecule has 4 nitrogen and oxygen atoms in total. The van der Waals surface area contributed by atoms with E-state index in [0.717, 1.165) is 5.82 Å². The van der Waals surface area contributed by atoms with Gasteiger partial charge in [0, 0.05) is 18.5 Å². The van der Waals surface area contributed by atoms with Gasteiger partial charge in [0.25, 0.3) is 0 Å². The molecule has 2 aromatic rings. The zero-order valence-electron chi connectivity index (χ0n) is 6.38. The summed E-state index contributed by atoms with van der Waals surface area (Å²) in [5.41, 5.74) is 5.50. The van der Waals surface area contributed by atoms with Crippen LogP contribution in [-0.2, 0) is 0 Å². The van der Waals surface area contributed by atoms with Crippen LogP contribution < -0.4 is 5.73 Å². The lowest BCUT2D eigenvalue weighted by Crippen LogP contribution is -1.97. The first-order chi connectivity index (χ1) is 5.86. The molecule has 2 rings (SSSR count). The third kappa shape index (κ3) is 1.14. The van der Waals surface area contributed by atoms with Crippen LogP contribution in [0.25, 0.3) is 5.82 Å². The Hall–Kier alpha value is -1.84. The van der Waals surface area contributed by atoms with Crippen molar-refractivity contribution in [2.24, 2.45) is 0 Å². The molecule has 0 aliphatic carbocycles. The van der Waals surface area contributed by atoms with Gasteiger partial charge in [0.15, 0.2) is 0 Å². The first-order valence-corrected chi connectivity index (χ1v) is 3.57. The van der Waals surface area contributed by atoms with E-state index in [9.17, 15) is 0 Å². The molecule has 0 saturated heterocycles. The van der Waals surface area contributed by atoms with Gasteiger partial charge in [0.2, 0.25) is 0 Å². The molecule has 0 radical (unpaired) electrons. The summed E-state index contributed by atoms with van der Waals surface area (Å²) in [6.07, 6.45) is 5.26. The van der Waals surface area contributed by atoms with Crippen molar-refractivity contribution in [2.75, 3.05) is 5.73 Å². The van der Waals surface area contributed by atoms with Crippen molar-refractivity contribution in [3.8, 4) is 5.82 Å². The average molecular weight is 160 g/mol. The van der Waals surface area contributed by atoms with E-state index in [-0.39, 0.29) is 0 Å². The van der Waals surface area contributed by atoms with Gasteiger partial charge in [0.1, 0.15) is 18.0 Å². The molecule has 0 bridgehead atoms. The normalized spacial score (nSPS) is 10.0. The number of rotatable bonds is 1. The second-order valence-corrected chi connectivity index (χ2v) is 2.39. The second kappa shape index (κ2) is 2.65. The van der Waals surface area contributed by atoms with Crippen LogP contribution in [0, 0.1) is 0 Å². The van der Waals surface area contributed by atoms with Crippen LogP contribution in [0.2, 0.25) is 0 Å². The molecule has 2 aromatic heterocycles. The minimum absolute atomic E-state index is 0.480. The monoisotopic (exact) mass is 160 g/mol. The van der Waals surface area contributed by atoms with E-state index in [2.05, 4.69) is 9.97 Å². The summed E-state index contributed by atoms with van der Waals surface area (Å²) in [5.74, 6) is 1.27. The number of nitrogens with zero attached hydrogens (tertiary/aromatic N) is 3. The predicted molar refractivity (Wildman–Crippen MR) is 45.8 cm³/mol. The lowest BCUT2D eigenvalue weighted by molar-refractivity contribution is 0.986. The number of nitrogens with two attached hydrogens (primary N) is 1. The largest absolute Gasteiger partial charge is 0.384 e. The van der Waals surface area contributed by atoms with Crippen LogP contribution in [-0.4, -0.2) is 14.5 Å². The summed E-state index contributed by atoms with van der Waals surface area (Å²) < 4.78 is 1.87. The van der Waals surface area contributed by atoms with E-state index < -0.39 is 0 Å². The molecule has 0 aliphatic rings. The highest BCUT2D eigenvalue weighted by Gasteiger charge is 1.95. The van der Waals surface area contributed by atoms with Gasteiger partial charge >= 0.3 is 0 Å². The van der Waals surface area contributed by atoms with E-state index in [0.29, 0.717) is 5.82 Å².